The van der Waals surface area contributed by atoms with E-state index in [1.807, 2.05) is 0 Å². The average Bonchev–Trinajstić information content (AvgIpc) is 3.16. The Morgan fingerprint density at radius 1 is 1.30 bits per heavy atom. The summed E-state index contributed by atoms with van der Waals surface area (Å²) in [6, 6.07) is -0.893. The summed E-state index contributed by atoms with van der Waals surface area (Å²) >= 11 is 0. The van der Waals surface area contributed by atoms with Crippen LogP contribution in [0.5, 0.6) is 0 Å². The van der Waals surface area contributed by atoms with Gasteiger partial charge in [0.1, 0.15) is 6.04 Å². The van der Waals surface area contributed by atoms with E-state index in [9.17, 15) is 14.4 Å². The number of aryl methyl sites for hydroxylation is 1. The molecule has 4 amide bonds. The molecule has 0 spiro atoms. The molecule has 3 N–H and O–H groups in total. The maximum Gasteiger partial charge on any atom is 0.317 e. The summed E-state index contributed by atoms with van der Waals surface area (Å²) in [7, 11) is 1.74. The lowest BCUT2D eigenvalue weighted by molar-refractivity contribution is -0.143. The van der Waals surface area contributed by atoms with Gasteiger partial charge in [0, 0.05) is 19.3 Å². The van der Waals surface area contributed by atoms with E-state index in [4.69, 9.17) is 0 Å². The van der Waals surface area contributed by atoms with Crippen LogP contribution >= 0.6 is 0 Å². The fraction of sp³-hybridized carbons (Fsp3) is 0.667. The molecule has 9 heteroatoms. The first-order chi connectivity index (χ1) is 13.0. The van der Waals surface area contributed by atoms with Crippen molar-refractivity contribution in [2.24, 2.45) is 0 Å². The highest BCUT2D eigenvalue weighted by Crippen LogP contribution is 2.23. The first kappa shape index (κ1) is 17.8. The van der Waals surface area contributed by atoms with Gasteiger partial charge in [0.05, 0.1) is 24.8 Å². The molecule has 9 nitrogen and oxygen atoms in total. The minimum atomic E-state index is -0.469. The van der Waals surface area contributed by atoms with Crippen LogP contribution in [0.1, 0.15) is 42.6 Å². The van der Waals surface area contributed by atoms with Crippen molar-refractivity contribution in [3.63, 3.8) is 0 Å². The zero-order chi connectivity index (χ0) is 19.0. The molecule has 0 saturated carbocycles. The summed E-state index contributed by atoms with van der Waals surface area (Å²) < 4.78 is 0. The fourth-order valence-corrected chi connectivity index (χ4v) is 4.29. The number of aromatic nitrogens is 2. The SMILES string of the molecule is CN(Cc1n[nH]c2c1CCCCC2)C(=O)N[C@@H]1C[C@H]2C(=O)NCC(=O)N2C1. The average molecular weight is 374 g/mol. The van der Waals surface area contributed by atoms with Gasteiger partial charge in [-0.15, -0.1) is 0 Å². The number of hydrogen-bond acceptors (Lipinski definition) is 4. The highest BCUT2D eigenvalue weighted by molar-refractivity contribution is 5.95. The third-order valence-electron chi connectivity index (χ3n) is 5.79. The van der Waals surface area contributed by atoms with Crippen LogP contribution in [0.25, 0.3) is 0 Å². The van der Waals surface area contributed by atoms with Crippen LogP contribution in [0, 0.1) is 0 Å². The molecule has 4 rings (SSSR count). The molecule has 27 heavy (non-hydrogen) atoms. The molecule has 1 aliphatic carbocycles. The van der Waals surface area contributed by atoms with Gasteiger partial charge in [0.25, 0.3) is 0 Å². The van der Waals surface area contributed by atoms with Crippen molar-refractivity contribution in [1.29, 1.82) is 0 Å². The zero-order valence-corrected chi connectivity index (χ0v) is 15.6. The number of carbonyl (C=O) groups excluding carboxylic acids is 3. The summed E-state index contributed by atoms with van der Waals surface area (Å²) in [5.74, 6) is -0.233. The predicted octanol–water partition coefficient (Wildman–Crippen LogP) is -0.0807. The number of nitrogens with zero attached hydrogens (tertiary/aromatic N) is 3. The van der Waals surface area contributed by atoms with Crippen molar-refractivity contribution in [2.45, 2.75) is 57.2 Å². The predicted molar refractivity (Wildman–Crippen MR) is 96.8 cm³/mol. The Balaban J connectivity index is 1.36. The molecule has 0 radical (unpaired) electrons. The largest absolute Gasteiger partial charge is 0.345 e. The molecule has 3 heterocycles. The summed E-state index contributed by atoms with van der Waals surface area (Å²) in [4.78, 5) is 39.6. The molecule has 1 aromatic heterocycles. The Labute approximate surface area is 157 Å². The lowest BCUT2D eigenvalue weighted by Crippen LogP contribution is -2.55. The molecule has 2 saturated heterocycles. The minimum Gasteiger partial charge on any atom is -0.345 e. The van der Waals surface area contributed by atoms with Gasteiger partial charge < -0.3 is 20.4 Å². The molecule has 2 atom stereocenters. The van der Waals surface area contributed by atoms with Gasteiger partial charge >= 0.3 is 6.03 Å². The van der Waals surface area contributed by atoms with E-state index in [0.29, 0.717) is 19.5 Å². The Bertz CT molecular complexity index is 736. The van der Waals surface area contributed by atoms with E-state index in [1.54, 1.807) is 16.8 Å². The number of piperazine rings is 1. The summed E-state index contributed by atoms with van der Waals surface area (Å²) in [6.45, 7) is 0.866. The fourth-order valence-electron chi connectivity index (χ4n) is 4.29. The highest BCUT2D eigenvalue weighted by atomic mass is 16.2. The molecule has 3 aliphatic rings. The standard InChI is InChI=1S/C18H26N6O3/c1-23(10-14-12-5-3-2-4-6-13(12)21-22-14)18(27)20-11-7-15-17(26)19-8-16(25)24(15)9-11/h11,15H,2-10H2,1H3,(H,19,26)(H,20,27)(H,21,22)/t11-,15+/m1/s1. The summed E-state index contributed by atoms with van der Waals surface area (Å²) in [5, 5.41) is 13.1. The number of carbonyl (C=O) groups is 3. The van der Waals surface area contributed by atoms with Crippen LogP contribution in [0.2, 0.25) is 0 Å². The molecule has 0 aromatic carbocycles. The number of aromatic amines is 1. The Hall–Kier alpha value is -2.58. The second kappa shape index (κ2) is 7.21. The Kier molecular flexibility index (Phi) is 4.75. The maximum absolute atomic E-state index is 12.6. The number of rotatable bonds is 3. The van der Waals surface area contributed by atoms with Crippen molar-refractivity contribution >= 4 is 17.8 Å². The first-order valence-electron chi connectivity index (χ1n) is 9.66. The quantitative estimate of drug-likeness (QED) is 0.643. The normalized spacial score (nSPS) is 24.7. The Morgan fingerprint density at radius 3 is 2.93 bits per heavy atom. The first-order valence-corrected chi connectivity index (χ1v) is 9.66. The summed E-state index contributed by atoms with van der Waals surface area (Å²) in [5.41, 5.74) is 3.39. The number of hydrogen-bond donors (Lipinski definition) is 3. The lowest BCUT2D eigenvalue weighted by atomic mass is 10.1. The van der Waals surface area contributed by atoms with Gasteiger partial charge in [0.2, 0.25) is 11.8 Å². The number of nitrogens with one attached hydrogen (secondary N) is 3. The van der Waals surface area contributed by atoms with Gasteiger partial charge in [-0.3, -0.25) is 14.7 Å². The van der Waals surface area contributed by atoms with Crippen molar-refractivity contribution in [3.05, 3.63) is 17.0 Å². The summed E-state index contributed by atoms with van der Waals surface area (Å²) in [6.07, 6.45) is 6.04. The Morgan fingerprint density at radius 2 is 2.11 bits per heavy atom. The minimum absolute atomic E-state index is 0.0418. The third-order valence-corrected chi connectivity index (χ3v) is 5.79. The van der Waals surface area contributed by atoms with E-state index in [1.165, 1.54) is 24.1 Å². The van der Waals surface area contributed by atoms with Crippen molar-refractivity contribution in [1.82, 2.24) is 30.6 Å². The molecule has 0 bridgehead atoms. The number of H-pyrrole nitrogens is 1. The van der Waals surface area contributed by atoms with Crippen LogP contribution in [0.4, 0.5) is 4.79 Å². The van der Waals surface area contributed by atoms with E-state index in [0.717, 1.165) is 25.0 Å². The van der Waals surface area contributed by atoms with Crippen molar-refractivity contribution in [3.8, 4) is 0 Å². The van der Waals surface area contributed by atoms with Crippen LogP contribution in [-0.2, 0) is 29.0 Å². The van der Waals surface area contributed by atoms with E-state index < -0.39 is 6.04 Å². The monoisotopic (exact) mass is 374 g/mol. The highest BCUT2D eigenvalue weighted by Gasteiger charge is 2.43. The van der Waals surface area contributed by atoms with Crippen LogP contribution in [0.3, 0.4) is 0 Å². The second-order valence-corrected chi connectivity index (χ2v) is 7.71. The molecule has 2 aliphatic heterocycles. The third kappa shape index (κ3) is 3.50. The van der Waals surface area contributed by atoms with Gasteiger partial charge in [-0.25, -0.2) is 4.79 Å². The maximum atomic E-state index is 12.6. The molecular formula is C18H26N6O3. The zero-order valence-electron chi connectivity index (χ0n) is 15.6. The van der Waals surface area contributed by atoms with E-state index >= 15 is 0 Å². The van der Waals surface area contributed by atoms with Crippen LogP contribution in [-0.4, -0.2) is 70.1 Å². The topological polar surface area (TPSA) is 110 Å². The van der Waals surface area contributed by atoms with Gasteiger partial charge in [-0.05, 0) is 37.7 Å². The van der Waals surface area contributed by atoms with Crippen LogP contribution < -0.4 is 10.6 Å². The number of amides is 4. The number of fused-ring (bicyclic) bond motifs is 2. The van der Waals surface area contributed by atoms with E-state index in [-0.39, 0.29) is 30.4 Å². The number of urea groups is 1. The van der Waals surface area contributed by atoms with Crippen molar-refractivity contribution < 1.29 is 14.4 Å². The molecular weight excluding hydrogens is 348 g/mol. The van der Waals surface area contributed by atoms with Crippen molar-refractivity contribution in [2.75, 3.05) is 20.1 Å². The molecule has 2 fully saturated rings. The van der Waals surface area contributed by atoms with Gasteiger partial charge in [-0.2, -0.15) is 5.10 Å². The smallest absolute Gasteiger partial charge is 0.317 e. The van der Waals surface area contributed by atoms with Gasteiger partial charge in [-0.1, -0.05) is 6.42 Å². The van der Waals surface area contributed by atoms with Crippen LogP contribution in [0.15, 0.2) is 0 Å². The molecule has 0 unspecified atom stereocenters. The van der Waals surface area contributed by atoms with E-state index in [2.05, 4.69) is 20.8 Å². The molecule has 146 valence electrons. The van der Waals surface area contributed by atoms with Gasteiger partial charge in [0.15, 0.2) is 0 Å². The molecule has 1 aromatic rings. The second-order valence-electron chi connectivity index (χ2n) is 7.71. The lowest BCUT2D eigenvalue weighted by Gasteiger charge is -2.28.